The van der Waals surface area contributed by atoms with E-state index in [1.54, 1.807) is 0 Å². The van der Waals surface area contributed by atoms with Crippen molar-refractivity contribution in [3.05, 3.63) is 0 Å². The highest BCUT2D eigenvalue weighted by molar-refractivity contribution is 4.90. The summed E-state index contributed by atoms with van der Waals surface area (Å²) in [7, 11) is 0. The summed E-state index contributed by atoms with van der Waals surface area (Å²) in [5.41, 5.74) is 0.688. The van der Waals surface area contributed by atoms with Crippen LogP contribution in [0.5, 0.6) is 0 Å². The first-order valence-corrected chi connectivity index (χ1v) is 9.87. The molecule has 0 saturated heterocycles. The average Bonchev–Trinajstić information content (AvgIpc) is 2.43. The molecule has 0 aromatic rings. The molecule has 4 atom stereocenters. The zero-order valence-electron chi connectivity index (χ0n) is 16.0. The molecule has 0 amide bonds. The van der Waals surface area contributed by atoms with Gasteiger partial charge in [0, 0.05) is 0 Å². The minimum Gasteiger partial charge on any atom is -0.0651 e. The Morgan fingerprint density at radius 2 is 1.43 bits per heavy atom. The number of rotatable bonds is 10. The SMILES string of the molecule is CCC(CC)C(C)C(C)CC(C)CC(CC)C1(C)CCC1. The van der Waals surface area contributed by atoms with Gasteiger partial charge in [0.2, 0.25) is 0 Å². The molecular formula is C21H42. The molecule has 1 fully saturated rings. The lowest BCUT2D eigenvalue weighted by atomic mass is 9.59. The molecule has 1 aliphatic carbocycles. The van der Waals surface area contributed by atoms with Crippen molar-refractivity contribution < 1.29 is 0 Å². The molecule has 1 aliphatic rings. The third-order valence-electron chi connectivity index (χ3n) is 7.13. The minimum absolute atomic E-state index is 0.688. The molecule has 0 aromatic heterocycles. The predicted octanol–water partition coefficient (Wildman–Crippen LogP) is 7.33. The van der Waals surface area contributed by atoms with Crippen LogP contribution in [-0.4, -0.2) is 0 Å². The molecule has 0 heterocycles. The van der Waals surface area contributed by atoms with Crippen LogP contribution in [0.25, 0.3) is 0 Å². The number of hydrogen-bond donors (Lipinski definition) is 0. The summed E-state index contributed by atoms with van der Waals surface area (Å²) < 4.78 is 0. The van der Waals surface area contributed by atoms with Crippen LogP contribution >= 0.6 is 0 Å². The molecule has 126 valence electrons. The van der Waals surface area contributed by atoms with Crippen molar-refractivity contribution in [2.75, 3.05) is 0 Å². The summed E-state index contributed by atoms with van der Waals surface area (Å²) in [6, 6.07) is 0. The molecule has 4 unspecified atom stereocenters. The molecule has 1 saturated carbocycles. The standard InChI is InChI=1S/C21H42/c1-8-19(9-2)18(6)17(5)14-16(4)15-20(10-3)21(7)12-11-13-21/h16-20H,8-15H2,1-7H3. The second-order valence-corrected chi connectivity index (χ2v) is 8.60. The van der Waals surface area contributed by atoms with Gasteiger partial charge < -0.3 is 0 Å². The fourth-order valence-electron chi connectivity index (χ4n) is 5.01. The molecule has 0 N–H and O–H groups in total. The van der Waals surface area contributed by atoms with Crippen molar-refractivity contribution in [1.82, 2.24) is 0 Å². The third-order valence-corrected chi connectivity index (χ3v) is 7.13. The highest BCUT2D eigenvalue weighted by Crippen LogP contribution is 2.50. The van der Waals surface area contributed by atoms with E-state index in [1.807, 2.05) is 0 Å². The monoisotopic (exact) mass is 294 g/mol. The van der Waals surface area contributed by atoms with Gasteiger partial charge in [-0.25, -0.2) is 0 Å². The normalized spacial score (nSPS) is 23.4. The first-order valence-electron chi connectivity index (χ1n) is 9.87. The molecule has 0 heteroatoms. The van der Waals surface area contributed by atoms with Crippen molar-refractivity contribution in [2.24, 2.45) is 35.0 Å². The van der Waals surface area contributed by atoms with Crippen molar-refractivity contribution in [3.8, 4) is 0 Å². The maximum atomic E-state index is 2.55. The van der Waals surface area contributed by atoms with Crippen LogP contribution in [0.15, 0.2) is 0 Å². The van der Waals surface area contributed by atoms with E-state index in [0.29, 0.717) is 5.41 Å². The van der Waals surface area contributed by atoms with Crippen LogP contribution in [0.3, 0.4) is 0 Å². The van der Waals surface area contributed by atoms with E-state index in [4.69, 9.17) is 0 Å². The summed E-state index contributed by atoms with van der Waals surface area (Å²) in [6.07, 6.45) is 11.4. The van der Waals surface area contributed by atoms with Gasteiger partial charge in [-0.1, -0.05) is 74.1 Å². The molecule has 0 radical (unpaired) electrons. The van der Waals surface area contributed by atoms with Crippen LogP contribution < -0.4 is 0 Å². The highest BCUT2D eigenvalue weighted by atomic mass is 14.4. The molecule has 0 bridgehead atoms. The Bertz CT molecular complexity index is 272. The summed E-state index contributed by atoms with van der Waals surface area (Å²) in [5, 5.41) is 0. The summed E-state index contributed by atoms with van der Waals surface area (Å²) in [6.45, 7) is 17.2. The second-order valence-electron chi connectivity index (χ2n) is 8.60. The van der Waals surface area contributed by atoms with Crippen LogP contribution in [-0.2, 0) is 0 Å². The Kier molecular flexibility index (Phi) is 7.79. The van der Waals surface area contributed by atoms with Gasteiger partial charge in [0.05, 0.1) is 0 Å². The van der Waals surface area contributed by atoms with E-state index >= 15 is 0 Å². The minimum atomic E-state index is 0.688. The highest BCUT2D eigenvalue weighted by Gasteiger charge is 2.39. The fraction of sp³-hybridized carbons (Fsp3) is 1.00. The second kappa shape index (κ2) is 8.59. The van der Waals surface area contributed by atoms with E-state index in [1.165, 1.54) is 51.4 Å². The lowest BCUT2D eigenvalue weighted by Gasteiger charge is -2.46. The first-order chi connectivity index (χ1) is 9.87. The molecular weight excluding hydrogens is 252 g/mol. The summed E-state index contributed by atoms with van der Waals surface area (Å²) >= 11 is 0. The van der Waals surface area contributed by atoms with Crippen molar-refractivity contribution in [1.29, 1.82) is 0 Å². The predicted molar refractivity (Wildman–Crippen MR) is 96.5 cm³/mol. The largest absolute Gasteiger partial charge is 0.0651 e. The number of hydrogen-bond acceptors (Lipinski definition) is 0. The van der Waals surface area contributed by atoms with Crippen LogP contribution in [0.2, 0.25) is 0 Å². The maximum Gasteiger partial charge on any atom is -0.0298 e. The molecule has 0 aliphatic heterocycles. The average molecular weight is 295 g/mol. The molecule has 0 aromatic carbocycles. The van der Waals surface area contributed by atoms with Gasteiger partial charge in [-0.2, -0.15) is 0 Å². The van der Waals surface area contributed by atoms with E-state index in [0.717, 1.165) is 29.6 Å². The van der Waals surface area contributed by atoms with Gasteiger partial charge in [0.25, 0.3) is 0 Å². The van der Waals surface area contributed by atoms with Crippen molar-refractivity contribution in [3.63, 3.8) is 0 Å². The smallest absolute Gasteiger partial charge is 0.0298 e. The Hall–Kier alpha value is 0. The Labute approximate surface area is 135 Å². The fourth-order valence-corrected chi connectivity index (χ4v) is 5.01. The Morgan fingerprint density at radius 1 is 0.857 bits per heavy atom. The summed E-state index contributed by atoms with van der Waals surface area (Å²) in [4.78, 5) is 0. The lowest BCUT2D eigenvalue weighted by Crippen LogP contribution is -2.35. The molecule has 1 rings (SSSR count). The van der Waals surface area contributed by atoms with Gasteiger partial charge in [-0.3, -0.25) is 0 Å². The molecule has 21 heavy (non-hydrogen) atoms. The lowest BCUT2D eigenvalue weighted by molar-refractivity contribution is 0.0488. The molecule has 0 spiro atoms. The quantitative estimate of drug-likeness (QED) is 0.395. The van der Waals surface area contributed by atoms with E-state index in [2.05, 4.69) is 48.5 Å². The van der Waals surface area contributed by atoms with Gasteiger partial charge >= 0.3 is 0 Å². The Balaban J connectivity index is 2.46. The van der Waals surface area contributed by atoms with Crippen molar-refractivity contribution in [2.45, 2.75) is 99.8 Å². The zero-order valence-corrected chi connectivity index (χ0v) is 16.0. The van der Waals surface area contributed by atoms with Gasteiger partial charge in [-0.05, 0) is 60.7 Å². The van der Waals surface area contributed by atoms with E-state index in [-0.39, 0.29) is 0 Å². The topological polar surface area (TPSA) is 0 Å². The molecule has 0 nitrogen and oxygen atoms in total. The van der Waals surface area contributed by atoms with Gasteiger partial charge in [0.1, 0.15) is 0 Å². The van der Waals surface area contributed by atoms with Gasteiger partial charge in [-0.15, -0.1) is 0 Å². The maximum absolute atomic E-state index is 2.55. The zero-order chi connectivity index (χ0) is 16.0. The van der Waals surface area contributed by atoms with E-state index in [9.17, 15) is 0 Å². The van der Waals surface area contributed by atoms with Crippen LogP contribution in [0.1, 0.15) is 99.8 Å². The third kappa shape index (κ3) is 5.00. The first kappa shape index (κ1) is 19.0. The van der Waals surface area contributed by atoms with Gasteiger partial charge in [0.15, 0.2) is 0 Å². The van der Waals surface area contributed by atoms with Crippen LogP contribution in [0.4, 0.5) is 0 Å². The van der Waals surface area contributed by atoms with E-state index < -0.39 is 0 Å². The van der Waals surface area contributed by atoms with Crippen LogP contribution in [0, 0.1) is 35.0 Å². The van der Waals surface area contributed by atoms with Crippen molar-refractivity contribution >= 4 is 0 Å². The summed E-state index contributed by atoms with van der Waals surface area (Å²) in [5.74, 6) is 4.58. The Morgan fingerprint density at radius 3 is 1.81 bits per heavy atom.